The first-order valence-corrected chi connectivity index (χ1v) is 12.5. The van der Waals surface area contributed by atoms with Gasteiger partial charge in [0.05, 0.1) is 5.75 Å². The zero-order valence-electron chi connectivity index (χ0n) is 19.0. The number of hydrogen-bond acceptors (Lipinski definition) is 3. The summed E-state index contributed by atoms with van der Waals surface area (Å²) in [5.74, 6) is 0.626. The summed E-state index contributed by atoms with van der Waals surface area (Å²) in [5.41, 5.74) is 5.51. The van der Waals surface area contributed by atoms with Gasteiger partial charge in [-0.1, -0.05) is 72.3 Å². The summed E-state index contributed by atoms with van der Waals surface area (Å²) in [6.07, 6.45) is 2.70. The Morgan fingerprint density at radius 1 is 0.970 bits per heavy atom. The molecule has 5 heteroatoms. The van der Waals surface area contributed by atoms with E-state index >= 15 is 0 Å². The third-order valence-corrected chi connectivity index (χ3v) is 7.18. The zero-order valence-corrected chi connectivity index (χ0v) is 19.8. The SMILES string of the molecule is Cc1cccc(CCCNC(=O)c2ccc([C@H]3SCC(=O)N3CCc3ccccc3)cc2)c1. The van der Waals surface area contributed by atoms with Gasteiger partial charge in [-0.05, 0) is 55.0 Å². The Hall–Kier alpha value is -3.05. The zero-order chi connectivity index (χ0) is 23.0. The number of nitrogens with one attached hydrogen (secondary N) is 1. The van der Waals surface area contributed by atoms with Crippen molar-refractivity contribution in [1.29, 1.82) is 0 Å². The molecule has 2 amide bonds. The molecule has 1 fully saturated rings. The van der Waals surface area contributed by atoms with Crippen molar-refractivity contribution < 1.29 is 9.59 Å². The van der Waals surface area contributed by atoms with E-state index in [-0.39, 0.29) is 17.2 Å². The summed E-state index contributed by atoms with van der Waals surface area (Å²) in [7, 11) is 0. The normalized spacial score (nSPS) is 15.6. The molecule has 0 saturated carbocycles. The Morgan fingerprint density at radius 3 is 2.48 bits per heavy atom. The second-order valence-electron chi connectivity index (χ2n) is 8.46. The number of carbonyl (C=O) groups is 2. The van der Waals surface area contributed by atoms with Crippen molar-refractivity contribution >= 4 is 23.6 Å². The molecule has 170 valence electrons. The number of aryl methyl sites for hydroxylation is 2. The molecule has 1 aliphatic rings. The van der Waals surface area contributed by atoms with Crippen LogP contribution in [-0.2, 0) is 17.6 Å². The van der Waals surface area contributed by atoms with Crippen molar-refractivity contribution in [1.82, 2.24) is 10.2 Å². The van der Waals surface area contributed by atoms with Crippen LogP contribution in [0.3, 0.4) is 0 Å². The molecule has 1 N–H and O–H groups in total. The Balaban J connectivity index is 1.29. The molecule has 1 atom stereocenters. The van der Waals surface area contributed by atoms with Crippen LogP contribution in [0.5, 0.6) is 0 Å². The van der Waals surface area contributed by atoms with E-state index in [9.17, 15) is 9.59 Å². The lowest BCUT2D eigenvalue weighted by atomic mass is 10.1. The molecule has 0 aliphatic carbocycles. The van der Waals surface area contributed by atoms with Gasteiger partial charge in [0.1, 0.15) is 5.37 Å². The topological polar surface area (TPSA) is 49.4 Å². The Kier molecular flexibility index (Phi) is 7.84. The van der Waals surface area contributed by atoms with Crippen LogP contribution in [0.4, 0.5) is 0 Å². The fourth-order valence-electron chi connectivity index (χ4n) is 4.13. The van der Waals surface area contributed by atoms with Gasteiger partial charge in [-0.2, -0.15) is 0 Å². The minimum Gasteiger partial charge on any atom is -0.352 e. The lowest BCUT2D eigenvalue weighted by Crippen LogP contribution is -2.30. The van der Waals surface area contributed by atoms with E-state index in [1.54, 1.807) is 11.8 Å². The summed E-state index contributed by atoms with van der Waals surface area (Å²) in [5, 5.41) is 3.03. The molecule has 0 bridgehead atoms. The lowest BCUT2D eigenvalue weighted by molar-refractivity contribution is -0.128. The summed E-state index contributed by atoms with van der Waals surface area (Å²) >= 11 is 1.65. The number of hydrogen-bond donors (Lipinski definition) is 1. The van der Waals surface area contributed by atoms with Gasteiger partial charge in [-0.3, -0.25) is 9.59 Å². The van der Waals surface area contributed by atoms with Crippen LogP contribution in [0.15, 0.2) is 78.9 Å². The minimum atomic E-state index is -0.0538. The molecular formula is C28H30N2O2S. The molecule has 0 spiro atoms. The molecule has 1 saturated heterocycles. The molecule has 3 aromatic rings. The van der Waals surface area contributed by atoms with Gasteiger partial charge in [0.2, 0.25) is 5.91 Å². The molecular weight excluding hydrogens is 428 g/mol. The smallest absolute Gasteiger partial charge is 0.251 e. The van der Waals surface area contributed by atoms with E-state index in [1.165, 1.54) is 16.7 Å². The van der Waals surface area contributed by atoms with Gasteiger partial charge in [-0.25, -0.2) is 0 Å². The molecule has 33 heavy (non-hydrogen) atoms. The van der Waals surface area contributed by atoms with Crippen LogP contribution >= 0.6 is 11.8 Å². The molecule has 3 aromatic carbocycles. The first kappa shape index (κ1) is 23.1. The van der Waals surface area contributed by atoms with Crippen molar-refractivity contribution in [2.45, 2.75) is 31.6 Å². The second-order valence-corrected chi connectivity index (χ2v) is 9.53. The van der Waals surface area contributed by atoms with Crippen LogP contribution in [0.2, 0.25) is 0 Å². The van der Waals surface area contributed by atoms with E-state index in [0.717, 1.165) is 24.8 Å². The van der Waals surface area contributed by atoms with Gasteiger partial charge in [0.15, 0.2) is 0 Å². The fraction of sp³-hybridized carbons (Fsp3) is 0.286. The van der Waals surface area contributed by atoms with E-state index in [4.69, 9.17) is 0 Å². The highest BCUT2D eigenvalue weighted by molar-refractivity contribution is 8.00. The average Bonchev–Trinajstić information content (AvgIpc) is 3.21. The second kappa shape index (κ2) is 11.2. The lowest BCUT2D eigenvalue weighted by Gasteiger charge is -2.24. The highest BCUT2D eigenvalue weighted by atomic mass is 32.2. The summed E-state index contributed by atoms with van der Waals surface area (Å²) < 4.78 is 0. The van der Waals surface area contributed by atoms with Crippen molar-refractivity contribution in [2.75, 3.05) is 18.8 Å². The molecule has 1 aliphatic heterocycles. The predicted molar refractivity (Wildman–Crippen MR) is 135 cm³/mol. The van der Waals surface area contributed by atoms with Crippen LogP contribution in [0.25, 0.3) is 0 Å². The quantitative estimate of drug-likeness (QED) is 0.450. The molecule has 4 rings (SSSR count). The molecule has 0 aromatic heterocycles. The number of nitrogens with zero attached hydrogens (tertiary/aromatic N) is 1. The minimum absolute atomic E-state index is 0.00709. The average molecular weight is 459 g/mol. The van der Waals surface area contributed by atoms with Crippen LogP contribution in [0, 0.1) is 6.92 Å². The highest BCUT2D eigenvalue weighted by Crippen LogP contribution is 2.38. The molecule has 1 heterocycles. The van der Waals surface area contributed by atoms with Gasteiger partial charge in [0, 0.05) is 18.7 Å². The van der Waals surface area contributed by atoms with Gasteiger partial charge in [0.25, 0.3) is 5.91 Å². The van der Waals surface area contributed by atoms with Crippen LogP contribution < -0.4 is 5.32 Å². The maximum atomic E-state index is 12.5. The van der Waals surface area contributed by atoms with Crippen molar-refractivity contribution in [2.24, 2.45) is 0 Å². The molecule has 0 radical (unpaired) electrons. The van der Waals surface area contributed by atoms with Gasteiger partial charge >= 0.3 is 0 Å². The predicted octanol–water partition coefficient (Wildman–Crippen LogP) is 5.17. The largest absolute Gasteiger partial charge is 0.352 e. The van der Waals surface area contributed by atoms with Crippen molar-refractivity contribution in [3.8, 4) is 0 Å². The van der Waals surface area contributed by atoms with Crippen molar-refractivity contribution in [3.05, 3.63) is 107 Å². The third kappa shape index (κ3) is 6.26. The Morgan fingerprint density at radius 2 is 1.73 bits per heavy atom. The number of rotatable bonds is 9. The Labute approximate surface area is 200 Å². The van der Waals surface area contributed by atoms with Crippen LogP contribution in [-0.4, -0.2) is 35.6 Å². The summed E-state index contributed by atoms with van der Waals surface area (Å²) in [4.78, 5) is 27.0. The standard InChI is InChI=1S/C28H30N2O2S/c1-21-7-5-10-23(19-21)11-6-17-29-27(32)24-12-14-25(15-13-24)28-30(26(31)20-33-28)18-16-22-8-3-2-4-9-22/h2-5,7-10,12-15,19,28H,6,11,16-18,20H2,1H3,(H,29,32)/t28-/m1/s1. The number of carbonyl (C=O) groups excluding carboxylic acids is 2. The van der Waals surface area contributed by atoms with E-state index in [2.05, 4.69) is 48.6 Å². The maximum absolute atomic E-state index is 12.5. The highest BCUT2D eigenvalue weighted by Gasteiger charge is 2.32. The fourth-order valence-corrected chi connectivity index (χ4v) is 5.35. The number of thioether (sulfide) groups is 1. The number of amides is 2. The van der Waals surface area contributed by atoms with E-state index in [0.29, 0.717) is 24.4 Å². The molecule has 0 unspecified atom stereocenters. The van der Waals surface area contributed by atoms with Crippen LogP contribution in [0.1, 0.15) is 44.4 Å². The van der Waals surface area contributed by atoms with Crippen molar-refractivity contribution in [3.63, 3.8) is 0 Å². The summed E-state index contributed by atoms with van der Waals surface area (Å²) in [6.45, 7) is 3.44. The monoisotopic (exact) mass is 458 g/mol. The third-order valence-electron chi connectivity index (χ3n) is 5.92. The Bertz CT molecular complexity index is 1080. The summed E-state index contributed by atoms with van der Waals surface area (Å²) in [6, 6.07) is 26.4. The van der Waals surface area contributed by atoms with E-state index < -0.39 is 0 Å². The van der Waals surface area contributed by atoms with Gasteiger partial charge in [-0.15, -0.1) is 11.8 Å². The first-order valence-electron chi connectivity index (χ1n) is 11.5. The molecule has 4 nitrogen and oxygen atoms in total. The first-order chi connectivity index (χ1) is 16.1. The number of benzene rings is 3. The van der Waals surface area contributed by atoms with Gasteiger partial charge < -0.3 is 10.2 Å². The van der Waals surface area contributed by atoms with E-state index in [1.807, 2.05) is 47.4 Å². The maximum Gasteiger partial charge on any atom is 0.251 e.